The summed E-state index contributed by atoms with van der Waals surface area (Å²) >= 11 is 6.24. The highest BCUT2D eigenvalue weighted by molar-refractivity contribution is 6.35. The Morgan fingerprint density at radius 2 is 2.35 bits per heavy atom. The quantitative estimate of drug-likeness (QED) is 0.862. The number of hydrogen-bond donors (Lipinski definition) is 1. The molecule has 1 aliphatic heterocycles. The van der Waals surface area contributed by atoms with Gasteiger partial charge in [0.2, 0.25) is 0 Å². The summed E-state index contributed by atoms with van der Waals surface area (Å²) < 4.78 is 11.3. The van der Waals surface area contributed by atoms with Gasteiger partial charge >= 0.3 is 5.97 Å². The van der Waals surface area contributed by atoms with Gasteiger partial charge in [-0.15, -0.1) is 0 Å². The van der Waals surface area contributed by atoms with Crippen LogP contribution in [-0.2, 0) is 26.5 Å². The topological polar surface area (TPSA) is 51.3 Å². The summed E-state index contributed by atoms with van der Waals surface area (Å²) in [4.78, 5) is 14.7. The number of hydrogen-bond acceptors (Lipinski definition) is 3. The number of carbonyl (C=O) groups excluding carboxylic acids is 1. The molecule has 0 fully saturated rings. The second kappa shape index (κ2) is 4.79. The standard InChI is InChI=1S/C15H16ClNO3/c1-3-15(20-9(2)18)14-11(7-8-19-15)10-5-4-6-12(16)13(10)17-14/h4-6,17H,3,7-8H2,1-2H3. The highest BCUT2D eigenvalue weighted by atomic mass is 35.5. The molecule has 1 unspecified atom stereocenters. The van der Waals surface area contributed by atoms with Gasteiger partial charge in [0.05, 0.1) is 22.8 Å². The third-order valence-corrected chi connectivity index (χ3v) is 4.05. The molecule has 0 amide bonds. The van der Waals surface area contributed by atoms with E-state index in [1.54, 1.807) is 0 Å². The molecule has 0 radical (unpaired) electrons. The zero-order chi connectivity index (χ0) is 14.3. The fraction of sp³-hybridized carbons (Fsp3) is 0.400. The molecule has 3 rings (SSSR count). The average Bonchev–Trinajstić information content (AvgIpc) is 2.80. The van der Waals surface area contributed by atoms with Crippen LogP contribution in [0.15, 0.2) is 18.2 Å². The predicted octanol–water partition coefficient (Wildman–Crippen LogP) is 3.52. The maximum absolute atomic E-state index is 11.4. The Morgan fingerprint density at radius 3 is 3.05 bits per heavy atom. The summed E-state index contributed by atoms with van der Waals surface area (Å²) in [6.07, 6.45) is 1.32. The second-order valence-electron chi connectivity index (χ2n) is 4.94. The van der Waals surface area contributed by atoms with Gasteiger partial charge in [-0.3, -0.25) is 4.79 Å². The van der Waals surface area contributed by atoms with Crippen molar-refractivity contribution in [3.8, 4) is 0 Å². The molecule has 0 saturated carbocycles. The third-order valence-electron chi connectivity index (χ3n) is 3.73. The smallest absolute Gasteiger partial charge is 0.305 e. The van der Waals surface area contributed by atoms with Crippen LogP contribution in [0.1, 0.15) is 31.5 Å². The maximum Gasteiger partial charge on any atom is 0.305 e. The highest BCUT2D eigenvalue weighted by Gasteiger charge is 2.42. The summed E-state index contributed by atoms with van der Waals surface area (Å²) in [5.41, 5.74) is 2.80. The molecule has 2 aromatic rings. The normalized spacial score (nSPS) is 21.8. The van der Waals surface area contributed by atoms with Crippen LogP contribution in [-0.4, -0.2) is 17.6 Å². The first-order chi connectivity index (χ1) is 9.57. The number of ether oxygens (including phenoxy) is 2. The minimum absolute atomic E-state index is 0.357. The van der Waals surface area contributed by atoms with Gasteiger partial charge in [-0.1, -0.05) is 30.7 Å². The van der Waals surface area contributed by atoms with Gasteiger partial charge in [-0.25, -0.2) is 0 Å². The first-order valence-electron chi connectivity index (χ1n) is 6.70. The number of halogens is 1. The van der Waals surface area contributed by atoms with Crippen molar-refractivity contribution in [3.05, 3.63) is 34.5 Å². The minimum atomic E-state index is -1.03. The number of esters is 1. The Bertz CT molecular complexity index is 679. The van der Waals surface area contributed by atoms with E-state index in [9.17, 15) is 4.79 Å². The Kier molecular flexibility index (Phi) is 3.22. The van der Waals surface area contributed by atoms with Crippen molar-refractivity contribution in [2.45, 2.75) is 32.5 Å². The van der Waals surface area contributed by atoms with E-state index in [-0.39, 0.29) is 5.97 Å². The number of fused-ring (bicyclic) bond motifs is 3. The van der Waals surface area contributed by atoms with Crippen LogP contribution in [0.25, 0.3) is 10.9 Å². The number of aromatic nitrogens is 1. The summed E-state index contributed by atoms with van der Waals surface area (Å²) in [7, 11) is 0. The van der Waals surface area contributed by atoms with Gasteiger partial charge in [0.25, 0.3) is 5.79 Å². The van der Waals surface area contributed by atoms with E-state index >= 15 is 0 Å². The molecule has 1 N–H and O–H groups in total. The van der Waals surface area contributed by atoms with Crippen LogP contribution in [0.2, 0.25) is 5.02 Å². The van der Waals surface area contributed by atoms with Gasteiger partial charge in [0.15, 0.2) is 0 Å². The van der Waals surface area contributed by atoms with E-state index < -0.39 is 5.79 Å². The number of para-hydroxylation sites is 1. The summed E-state index contributed by atoms with van der Waals surface area (Å²) in [5, 5.41) is 1.73. The second-order valence-corrected chi connectivity index (χ2v) is 5.35. The zero-order valence-corrected chi connectivity index (χ0v) is 12.2. The SMILES string of the molecule is CCC1(OC(C)=O)OCCc2c1[nH]c1c(Cl)cccc21. The van der Waals surface area contributed by atoms with Gasteiger partial charge in [-0.05, 0) is 18.1 Å². The molecule has 0 aliphatic carbocycles. The minimum Gasteiger partial charge on any atom is -0.427 e. The lowest BCUT2D eigenvalue weighted by atomic mass is 9.98. The molecular formula is C15H16ClNO3. The van der Waals surface area contributed by atoms with Crippen LogP contribution in [0.3, 0.4) is 0 Å². The van der Waals surface area contributed by atoms with Crippen LogP contribution in [0.4, 0.5) is 0 Å². The Labute approximate surface area is 122 Å². The number of benzene rings is 1. The fourth-order valence-corrected chi connectivity index (χ4v) is 3.10. The zero-order valence-electron chi connectivity index (χ0n) is 11.5. The van der Waals surface area contributed by atoms with E-state index in [4.69, 9.17) is 21.1 Å². The number of aromatic amines is 1. The van der Waals surface area contributed by atoms with Crippen molar-refractivity contribution in [1.82, 2.24) is 4.98 Å². The molecule has 5 heteroatoms. The Balaban J connectivity index is 2.24. The van der Waals surface area contributed by atoms with Crippen molar-refractivity contribution < 1.29 is 14.3 Å². The number of nitrogens with one attached hydrogen (secondary N) is 1. The lowest BCUT2D eigenvalue weighted by molar-refractivity contribution is -0.245. The van der Waals surface area contributed by atoms with Gasteiger partial charge in [-0.2, -0.15) is 0 Å². The molecule has 2 heterocycles. The molecule has 1 aromatic heterocycles. The Hall–Kier alpha value is -1.52. The van der Waals surface area contributed by atoms with Crippen molar-refractivity contribution in [2.24, 2.45) is 0 Å². The van der Waals surface area contributed by atoms with E-state index in [0.717, 1.165) is 28.6 Å². The van der Waals surface area contributed by atoms with Crippen molar-refractivity contribution in [1.29, 1.82) is 0 Å². The van der Waals surface area contributed by atoms with Crippen LogP contribution < -0.4 is 0 Å². The maximum atomic E-state index is 11.4. The van der Waals surface area contributed by atoms with Crippen molar-refractivity contribution in [3.63, 3.8) is 0 Å². The molecule has 1 aromatic carbocycles. The molecule has 106 valence electrons. The molecule has 20 heavy (non-hydrogen) atoms. The van der Waals surface area contributed by atoms with Crippen LogP contribution >= 0.6 is 11.6 Å². The van der Waals surface area contributed by atoms with Crippen molar-refractivity contribution in [2.75, 3.05) is 6.61 Å². The van der Waals surface area contributed by atoms with Crippen LogP contribution in [0, 0.1) is 0 Å². The van der Waals surface area contributed by atoms with E-state index in [1.807, 2.05) is 25.1 Å². The fourth-order valence-electron chi connectivity index (χ4n) is 2.88. The highest BCUT2D eigenvalue weighted by Crippen LogP contribution is 2.41. The Morgan fingerprint density at radius 1 is 1.55 bits per heavy atom. The molecule has 0 spiro atoms. The lowest BCUT2D eigenvalue weighted by Crippen LogP contribution is -2.39. The largest absolute Gasteiger partial charge is 0.427 e. The van der Waals surface area contributed by atoms with E-state index in [0.29, 0.717) is 18.1 Å². The first-order valence-corrected chi connectivity index (χ1v) is 7.08. The number of carbonyl (C=O) groups is 1. The van der Waals surface area contributed by atoms with Gasteiger partial charge in [0, 0.05) is 18.7 Å². The average molecular weight is 294 g/mol. The van der Waals surface area contributed by atoms with E-state index in [2.05, 4.69) is 4.98 Å². The molecule has 1 atom stereocenters. The number of rotatable bonds is 2. The summed E-state index contributed by atoms with van der Waals surface area (Å²) in [6.45, 7) is 3.85. The molecule has 4 nitrogen and oxygen atoms in total. The molecule has 1 aliphatic rings. The summed E-state index contributed by atoms with van der Waals surface area (Å²) in [5.74, 6) is -1.38. The van der Waals surface area contributed by atoms with Gasteiger partial charge < -0.3 is 14.5 Å². The molecular weight excluding hydrogens is 278 g/mol. The van der Waals surface area contributed by atoms with E-state index in [1.165, 1.54) is 6.92 Å². The van der Waals surface area contributed by atoms with Crippen LogP contribution in [0.5, 0.6) is 0 Å². The first kappa shape index (κ1) is 13.5. The molecule has 0 saturated heterocycles. The summed E-state index contributed by atoms with van der Waals surface area (Å²) in [6, 6.07) is 5.79. The number of H-pyrrole nitrogens is 1. The lowest BCUT2D eigenvalue weighted by Gasteiger charge is -2.35. The third kappa shape index (κ3) is 1.91. The van der Waals surface area contributed by atoms with Gasteiger partial charge in [0.1, 0.15) is 0 Å². The van der Waals surface area contributed by atoms with Crippen molar-refractivity contribution >= 4 is 28.5 Å². The predicted molar refractivity (Wildman–Crippen MR) is 76.7 cm³/mol. The monoisotopic (exact) mass is 293 g/mol. The molecule has 0 bridgehead atoms.